The molecular formula is C12H27N3. The van der Waals surface area contributed by atoms with Crippen molar-refractivity contribution < 1.29 is 0 Å². The van der Waals surface area contributed by atoms with Crippen molar-refractivity contribution in [3.8, 4) is 0 Å². The number of hydrogen-bond donors (Lipinski definition) is 2. The summed E-state index contributed by atoms with van der Waals surface area (Å²) in [5, 5.41) is 3.63. The van der Waals surface area contributed by atoms with E-state index in [1.165, 1.54) is 12.8 Å². The molecule has 1 saturated carbocycles. The molecule has 0 saturated heterocycles. The summed E-state index contributed by atoms with van der Waals surface area (Å²) < 4.78 is 0. The third kappa shape index (κ3) is 3.44. The molecule has 0 bridgehead atoms. The Balaban J connectivity index is 2.26. The Kier molecular flexibility index (Phi) is 4.56. The van der Waals surface area contributed by atoms with Crippen LogP contribution in [0.1, 0.15) is 26.7 Å². The average molecular weight is 213 g/mol. The summed E-state index contributed by atoms with van der Waals surface area (Å²) in [5.41, 5.74) is 6.13. The maximum absolute atomic E-state index is 5.87. The molecule has 1 aliphatic rings. The molecule has 15 heavy (non-hydrogen) atoms. The van der Waals surface area contributed by atoms with E-state index in [0.29, 0.717) is 0 Å². The number of rotatable bonds is 6. The molecule has 0 amide bonds. The van der Waals surface area contributed by atoms with Gasteiger partial charge in [-0.3, -0.25) is 0 Å². The van der Waals surface area contributed by atoms with Crippen LogP contribution < -0.4 is 11.1 Å². The van der Waals surface area contributed by atoms with Crippen molar-refractivity contribution in [3.05, 3.63) is 0 Å². The third-order valence-electron chi connectivity index (χ3n) is 3.70. The first-order valence-corrected chi connectivity index (χ1v) is 6.09. The van der Waals surface area contributed by atoms with Crippen LogP contribution in [0.25, 0.3) is 0 Å². The van der Waals surface area contributed by atoms with E-state index in [9.17, 15) is 0 Å². The number of hydrogen-bond acceptors (Lipinski definition) is 3. The van der Waals surface area contributed by atoms with Crippen LogP contribution in [0.4, 0.5) is 0 Å². The largest absolute Gasteiger partial charge is 0.329 e. The van der Waals surface area contributed by atoms with E-state index in [0.717, 1.165) is 31.5 Å². The molecule has 1 rings (SSSR count). The fourth-order valence-corrected chi connectivity index (χ4v) is 2.34. The van der Waals surface area contributed by atoms with Crippen LogP contribution in [0.15, 0.2) is 0 Å². The summed E-state index contributed by atoms with van der Waals surface area (Å²) in [7, 11) is 4.21. The van der Waals surface area contributed by atoms with Gasteiger partial charge in [0.2, 0.25) is 0 Å². The summed E-state index contributed by atoms with van der Waals surface area (Å²) >= 11 is 0. The van der Waals surface area contributed by atoms with Crippen LogP contribution in [-0.4, -0.2) is 44.2 Å². The Labute approximate surface area is 94.4 Å². The second-order valence-electron chi connectivity index (χ2n) is 5.63. The highest BCUT2D eigenvalue weighted by molar-refractivity contribution is 5.02. The maximum atomic E-state index is 5.87. The molecule has 3 N–H and O–H groups in total. The second-order valence-corrected chi connectivity index (χ2v) is 5.63. The van der Waals surface area contributed by atoms with Gasteiger partial charge in [-0.2, -0.15) is 0 Å². The molecule has 3 heteroatoms. The first kappa shape index (κ1) is 12.9. The van der Waals surface area contributed by atoms with E-state index in [1.807, 2.05) is 0 Å². The van der Waals surface area contributed by atoms with Gasteiger partial charge in [0.15, 0.2) is 0 Å². The Morgan fingerprint density at radius 3 is 2.40 bits per heavy atom. The standard InChI is InChI=1S/C12H27N3/c1-10(2)11-7-12(8-11,9-13)14-5-6-15(3)4/h10-11,14H,5-9,13H2,1-4H3. The first-order valence-electron chi connectivity index (χ1n) is 6.09. The Hall–Kier alpha value is -0.120. The minimum absolute atomic E-state index is 0.255. The van der Waals surface area contributed by atoms with Crippen molar-refractivity contribution in [2.45, 2.75) is 32.2 Å². The van der Waals surface area contributed by atoms with E-state index in [-0.39, 0.29) is 5.54 Å². The molecule has 90 valence electrons. The van der Waals surface area contributed by atoms with E-state index in [1.54, 1.807) is 0 Å². The fraction of sp³-hybridized carbons (Fsp3) is 1.00. The molecule has 0 radical (unpaired) electrons. The van der Waals surface area contributed by atoms with Crippen molar-refractivity contribution in [1.29, 1.82) is 0 Å². The lowest BCUT2D eigenvalue weighted by atomic mass is 9.64. The van der Waals surface area contributed by atoms with Crippen molar-refractivity contribution >= 4 is 0 Å². The van der Waals surface area contributed by atoms with Crippen molar-refractivity contribution in [2.75, 3.05) is 33.7 Å². The molecule has 0 aromatic heterocycles. The highest BCUT2D eigenvalue weighted by atomic mass is 15.1. The van der Waals surface area contributed by atoms with Gasteiger partial charge >= 0.3 is 0 Å². The van der Waals surface area contributed by atoms with Crippen LogP contribution in [0, 0.1) is 11.8 Å². The zero-order chi connectivity index (χ0) is 11.5. The first-order chi connectivity index (χ1) is 6.99. The quantitative estimate of drug-likeness (QED) is 0.689. The highest BCUT2D eigenvalue weighted by Crippen LogP contribution is 2.41. The average Bonchev–Trinajstić information content (AvgIpc) is 2.08. The van der Waals surface area contributed by atoms with Gasteiger partial charge in [0, 0.05) is 25.2 Å². The lowest BCUT2D eigenvalue weighted by Gasteiger charge is -2.50. The van der Waals surface area contributed by atoms with Gasteiger partial charge in [0.25, 0.3) is 0 Å². The van der Waals surface area contributed by atoms with Crippen LogP contribution >= 0.6 is 0 Å². The summed E-state index contributed by atoms with van der Waals surface area (Å²) in [6.07, 6.45) is 2.52. The van der Waals surface area contributed by atoms with Gasteiger partial charge in [0.1, 0.15) is 0 Å². The van der Waals surface area contributed by atoms with Gasteiger partial charge in [-0.25, -0.2) is 0 Å². The number of nitrogens with two attached hydrogens (primary N) is 1. The zero-order valence-corrected chi connectivity index (χ0v) is 10.7. The lowest BCUT2D eigenvalue weighted by Crippen LogP contribution is -2.61. The van der Waals surface area contributed by atoms with Gasteiger partial charge in [-0.05, 0) is 38.8 Å². The molecule has 0 aromatic carbocycles. The Bertz CT molecular complexity index is 183. The highest BCUT2D eigenvalue weighted by Gasteiger charge is 2.43. The van der Waals surface area contributed by atoms with Crippen molar-refractivity contribution in [3.63, 3.8) is 0 Å². The summed E-state index contributed by atoms with van der Waals surface area (Å²) in [4.78, 5) is 2.20. The molecule has 0 aliphatic heterocycles. The van der Waals surface area contributed by atoms with E-state index in [2.05, 4.69) is 38.2 Å². The van der Waals surface area contributed by atoms with Gasteiger partial charge in [-0.15, -0.1) is 0 Å². The van der Waals surface area contributed by atoms with Crippen LogP contribution in [0.3, 0.4) is 0 Å². The van der Waals surface area contributed by atoms with E-state index < -0.39 is 0 Å². The number of likely N-dealkylation sites (N-methyl/N-ethyl adjacent to an activating group) is 1. The summed E-state index contributed by atoms with van der Waals surface area (Å²) in [6.45, 7) is 7.54. The van der Waals surface area contributed by atoms with Crippen LogP contribution in [-0.2, 0) is 0 Å². The summed E-state index contributed by atoms with van der Waals surface area (Å²) in [5.74, 6) is 1.68. The van der Waals surface area contributed by atoms with Crippen LogP contribution in [0.5, 0.6) is 0 Å². The van der Waals surface area contributed by atoms with Gasteiger partial charge < -0.3 is 16.0 Å². The Morgan fingerprint density at radius 2 is 2.00 bits per heavy atom. The molecule has 1 aliphatic carbocycles. The van der Waals surface area contributed by atoms with E-state index >= 15 is 0 Å². The molecule has 0 heterocycles. The fourth-order valence-electron chi connectivity index (χ4n) is 2.34. The minimum Gasteiger partial charge on any atom is -0.329 e. The predicted octanol–water partition coefficient (Wildman–Crippen LogP) is 0.901. The van der Waals surface area contributed by atoms with E-state index in [4.69, 9.17) is 5.73 Å². The minimum atomic E-state index is 0.255. The zero-order valence-electron chi connectivity index (χ0n) is 10.7. The van der Waals surface area contributed by atoms with Crippen LogP contribution in [0.2, 0.25) is 0 Å². The predicted molar refractivity (Wildman–Crippen MR) is 65.9 cm³/mol. The third-order valence-corrected chi connectivity index (χ3v) is 3.70. The molecular weight excluding hydrogens is 186 g/mol. The molecule has 3 nitrogen and oxygen atoms in total. The van der Waals surface area contributed by atoms with Gasteiger partial charge in [0.05, 0.1) is 0 Å². The topological polar surface area (TPSA) is 41.3 Å². The molecule has 0 aromatic rings. The lowest BCUT2D eigenvalue weighted by molar-refractivity contribution is 0.0755. The SMILES string of the molecule is CC(C)C1CC(CN)(NCCN(C)C)C1. The number of nitrogens with one attached hydrogen (secondary N) is 1. The molecule has 0 atom stereocenters. The maximum Gasteiger partial charge on any atom is 0.0310 e. The van der Waals surface area contributed by atoms with Crippen molar-refractivity contribution in [1.82, 2.24) is 10.2 Å². The number of nitrogens with zero attached hydrogens (tertiary/aromatic N) is 1. The van der Waals surface area contributed by atoms with Gasteiger partial charge in [-0.1, -0.05) is 13.8 Å². The molecule has 0 unspecified atom stereocenters. The molecule has 0 spiro atoms. The van der Waals surface area contributed by atoms with Crippen molar-refractivity contribution in [2.24, 2.45) is 17.6 Å². The normalized spacial score (nSPS) is 31.0. The smallest absolute Gasteiger partial charge is 0.0310 e. The monoisotopic (exact) mass is 213 g/mol. The molecule has 1 fully saturated rings. The second kappa shape index (κ2) is 5.28. The Morgan fingerprint density at radius 1 is 1.40 bits per heavy atom. The summed E-state index contributed by atoms with van der Waals surface area (Å²) in [6, 6.07) is 0.